The molecule has 1 fully saturated rings. The summed E-state index contributed by atoms with van der Waals surface area (Å²) in [5.74, 6) is 0.815. The molecule has 0 amide bonds. The number of methoxy groups -OCH3 is 1. The molecule has 1 aliphatic rings. The first kappa shape index (κ1) is 17.7. The summed E-state index contributed by atoms with van der Waals surface area (Å²) in [5.41, 5.74) is 1.21. The number of aryl methyl sites for hydroxylation is 1. The number of ether oxygens (including phenoxy) is 1. The highest BCUT2D eigenvalue weighted by Crippen LogP contribution is 2.20. The van der Waals surface area contributed by atoms with Crippen LogP contribution in [0.2, 0.25) is 0 Å². The molecule has 0 saturated carbocycles. The summed E-state index contributed by atoms with van der Waals surface area (Å²) in [4.78, 5) is 10.9. The van der Waals surface area contributed by atoms with Crippen molar-refractivity contribution in [2.75, 3.05) is 25.1 Å². The lowest BCUT2D eigenvalue weighted by Gasteiger charge is -2.14. The van der Waals surface area contributed by atoms with Gasteiger partial charge in [0.1, 0.15) is 0 Å². The van der Waals surface area contributed by atoms with Gasteiger partial charge in [-0.2, -0.15) is 0 Å². The van der Waals surface area contributed by atoms with Gasteiger partial charge in [0.05, 0.1) is 7.11 Å². The second-order valence-electron chi connectivity index (χ2n) is 5.22. The number of hydrogen-bond acceptors (Lipinski definition) is 4. The van der Waals surface area contributed by atoms with Crippen LogP contribution in [0.15, 0.2) is 35.1 Å². The summed E-state index contributed by atoms with van der Waals surface area (Å²) >= 11 is 3.13. The lowest BCUT2D eigenvalue weighted by Crippen LogP contribution is -2.20. The zero-order valence-electron chi connectivity index (χ0n) is 13.4. The van der Waals surface area contributed by atoms with Crippen molar-refractivity contribution in [1.82, 2.24) is 9.97 Å². The number of nitrogens with zero attached hydrogens (tertiary/aromatic N) is 3. The molecule has 23 heavy (non-hydrogen) atoms. The van der Waals surface area contributed by atoms with Crippen LogP contribution in [0.4, 0.5) is 10.3 Å². The van der Waals surface area contributed by atoms with Gasteiger partial charge in [0.2, 0.25) is 5.95 Å². The average molecular weight is 382 g/mol. The van der Waals surface area contributed by atoms with E-state index in [-0.39, 0.29) is 11.6 Å². The lowest BCUT2D eigenvalue weighted by molar-refractivity contribution is 0.386. The predicted molar refractivity (Wildman–Crippen MR) is 93.5 cm³/mol. The highest BCUT2D eigenvalue weighted by atomic mass is 79.9. The molecule has 3 rings (SSSR count). The molecule has 0 unspecified atom stereocenters. The van der Waals surface area contributed by atoms with Crippen LogP contribution in [0.3, 0.4) is 0 Å². The van der Waals surface area contributed by atoms with Crippen molar-refractivity contribution in [3.05, 3.63) is 46.4 Å². The number of aromatic nitrogens is 2. The maximum Gasteiger partial charge on any atom is 0.225 e. The molecule has 0 radical (unpaired) electrons. The average Bonchev–Trinajstić information content (AvgIpc) is 3.10. The van der Waals surface area contributed by atoms with Gasteiger partial charge in [-0.25, -0.2) is 14.4 Å². The van der Waals surface area contributed by atoms with Gasteiger partial charge in [0, 0.05) is 30.0 Å². The molecule has 0 spiro atoms. The molecule has 4 nitrogen and oxygen atoms in total. The Morgan fingerprint density at radius 1 is 1.22 bits per heavy atom. The smallest absolute Gasteiger partial charge is 0.225 e. The van der Waals surface area contributed by atoms with Crippen molar-refractivity contribution in [3.8, 4) is 5.75 Å². The van der Waals surface area contributed by atoms with E-state index < -0.39 is 0 Å². The van der Waals surface area contributed by atoms with Gasteiger partial charge < -0.3 is 9.64 Å². The van der Waals surface area contributed by atoms with Gasteiger partial charge >= 0.3 is 0 Å². The Labute approximate surface area is 144 Å². The van der Waals surface area contributed by atoms with E-state index in [1.165, 1.54) is 31.6 Å². The summed E-state index contributed by atoms with van der Waals surface area (Å²) < 4.78 is 18.1. The standard InChI is InChI=1S/C10H15N3.C7H6BrFO/c1-2-9-7-11-10(12-8-9)13-5-3-4-6-13;1-10-7-3-2-5(8)4-6(7)9/h7-8H,2-6H2,1H3;2-4H,1H3. The number of halogens is 2. The first-order valence-electron chi connectivity index (χ1n) is 7.69. The predicted octanol–water partition coefficient (Wildman–Crippen LogP) is 4.24. The Balaban J connectivity index is 0.000000174. The third-order valence-electron chi connectivity index (χ3n) is 3.60. The van der Waals surface area contributed by atoms with Gasteiger partial charge in [-0.3, -0.25) is 0 Å². The van der Waals surface area contributed by atoms with Gasteiger partial charge in [-0.15, -0.1) is 0 Å². The fraction of sp³-hybridized carbons (Fsp3) is 0.412. The topological polar surface area (TPSA) is 38.2 Å². The quantitative estimate of drug-likeness (QED) is 0.796. The largest absolute Gasteiger partial charge is 0.494 e. The van der Waals surface area contributed by atoms with Crippen molar-refractivity contribution in [3.63, 3.8) is 0 Å². The lowest BCUT2D eigenvalue weighted by atomic mass is 10.3. The van der Waals surface area contributed by atoms with E-state index >= 15 is 0 Å². The second-order valence-corrected chi connectivity index (χ2v) is 6.13. The SMILES string of the molecule is CCc1cnc(N2CCCC2)nc1.COc1ccc(Br)cc1F. The van der Waals surface area contributed by atoms with E-state index in [0.717, 1.165) is 25.5 Å². The van der Waals surface area contributed by atoms with Gasteiger partial charge in [0.25, 0.3) is 0 Å². The van der Waals surface area contributed by atoms with Gasteiger partial charge in [0.15, 0.2) is 11.6 Å². The summed E-state index contributed by atoms with van der Waals surface area (Å²) in [7, 11) is 1.44. The molecule has 0 N–H and O–H groups in total. The van der Waals surface area contributed by atoms with E-state index in [0.29, 0.717) is 4.47 Å². The van der Waals surface area contributed by atoms with Crippen LogP contribution in [-0.2, 0) is 6.42 Å². The molecule has 2 aromatic rings. The molecule has 0 aliphatic carbocycles. The fourth-order valence-corrected chi connectivity index (χ4v) is 2.58. The molecule has 6 heteroatoms. The molecule has 0 atom stereocenters. The normalized spacial score (nSPS) is 13.5. The van der Waals surface area contributed by atoms with Crippen LogP contribution in [0.1, 0.15) is 25.3 Å². The third-order valence-corrected chi connectivity index (χ3v) is 4.10. The van der Waals surface area contributed by atoms with Gasteiger partial charge in [-0.1, -0.05) is 22.9 Å². The van der Waals surface area contributed by atoms with Crippen molar-refractivity contribution in [2.24, 2.45) is 0 Å². The minimum Gasteiger partial charge on any atom is -0.494 e. The Bertz CT molecular complexity index is 616. The van der Waals surface area contributed by atoms with Crippen LogP contribution < -0.4 is 9.64 Å². The minimum absolute atomic E-state index is 0.267. The Morgan fingerprint density at radius 3 is 2.39 bits per heavy atom. The van der Waals surface area contributed by atoms with E-state index in [9.17, 15) is 4.39 Å². The van der Waals surface area contributed by atoms with Crippen molar-refractivity contribution in [1.29, 1.82) is 0 Å². The Morgan fingerprint density at radius 2 is 1.87 bits per heavy atom. The second kappa shape index (κ2) is 8.82. The maximum absolute atomic E-state index is 12.7. The molecule has 1 aliphatic heterocycles. The van der Waals surface area contributed by atoms with E-state index in [4.69, 9.17) is 4.74 Å². The van der Waals surface area contributed by atoms with Crippen LogP contribution in [0.25, 0.3) is 0 Å². The summed E-state index contributed by atoms with van der Waals surface area (Å²) in [5, 5.41) is 0. The summed E-state index contributed by atoms with van der Waals surface area (Å²) in [6.07, 6.45) is 7.43. The van der Waals surface area contributed by atoms with E-state index in [1.54, 1.807) is 12.1 Å². The molecule has 1 aromatic heterocycles. The maximum atomic E-state index is 12.7. The van der Waals surface area contributed by atoms with Crippen LogP contribution in [-0.4, -0.2) is 30.2 Å². The van der Waals surface area contributed by atoms with E-state index in [1.807, 2.05) is 12.4 Å². The molecule has 1 aromatic carbocycles. The molecule has 124 valence electrons. The van der Waals surface area contributed by atoms with Gasteiger partial charge in [-0.05, 0) is 43.0 Å². The molecule has 1 saturated heterocycles. The molecule has 0 bridgehead atoms. The van der Waals surface area contributed by atoms with Crippen LogP contribution in [0.5, 0.6) is 5.75 Å². The highest BCUT2D eigenvalue weighted by Gasteiger charge is 2.13. The summed E-state index contributed by atoms with van der Waals surface area (Å²) in [6.45, 7) is 4.35. The zero-order valence-corrected chi connectivity index (χ0v) is 15.0. The molecular formula is C17H21BrFN3O. The van der Waals surface area contributed by atoms with Crippen LogP contribution >= 0.6 is 15.9 Å². The number of anilines is 1. The van der Waals surface area contributed by atoms with Crippen LogP contribution in [0, 0.1) is 5.82 Å². The molecular weight excluding hydrogens is 361 g/mol. The first-order valence-corrected chi connectivity index (χ1v) is 8.48. The zero-order chi connectivity index (χ0) is 16.7. The molecule has 2 heterocycles. The minimum atomic E-state index is -0.350. The fourth-order valence-electron chi connectivity index (χ4n) is 2.25. The third kappa shape index (κ3) is 5.16. The highest BCUT2D eigenvalue weighted by molar-refractivity contribution is 9.10. The van der Waals surface area contributed by atoms with Crippen molar-refractivity contribution < 1.29 is 9.13 Å². The monoisotopic (exact) mass is 381 g/mol. The first-order chi connectivity index (χ1) is 11.1. The number of benzene rings is 1. The van der Waals surface area contributed by atoms with E-state index in [2.05, 4.69) is 37.7 Å². The Kier molecular flexibility index (Phi) is 6.77. The van der Waals surface area contributed by atoms with Crippen molar-refractivity contribution >= 4 is 21.9 Å². The van der Waals surface area contributed by atoms with Crippen molar-refractivity contribution in [2.45, 2.75) is 26.2 Å². The number of hydrogen-bond donors (Lipinski definition) is 0. The number of rotatable bonds is 3. The Hall–Kier alpha value is -1.69. The summed E-state index contributed by atoms with van der Waals surface area (Å²) in [6, 6.07) is 4.65.